The fourth-order valence-corrected chi connectivity index (χ4v) is 1.73. The highest BCUT2D eigenvalue weighted by Crippen LogP contribution is 2.14. The Labute approximate surface area is 170 Å². The van der Waals surface area contributed by atoms with Crippen LogP contribution >= 0.6 is 0 Å². The standard InChI is InChI=1S/C16H23F3N2O2.C2H2F3NO/c1-3-8-13(4-2)10-12-20-14(22)9-6-5-7-11-21-15(23)16(17,18)19;3-2(4,5)1(6)7/h3-4,8H,1-2,5-7,9-12H2,(H,20,22)(H,21,23);(H2,6,7)/b13-8+;. The van der Waals surface area contributed by atoms with Crippen LogP contribution in [-0.2, 0) is 14.4 Å². The summed E-state index contributed by atoms with van der Waals surface area (Å²) in [6, 6.07) is 0. The number of nitrogens with two attached hydrogens (primary N) is 1. The Hall–Kier alpha value is -2.79. The highest BCUT2D eigenvalue weighted by Gasteiger charge is 2.38. The van der Waals surface area contributed by atoms with E-state index in [1.165, 1.54) is 0 Å². The molecular weight excluding hydrogens is 420 g/mol. The Balaban J connectivity index is 0. The van der Waals surface area contributed by atoms with Crippen molar-refractivity contribution in [2.45, 2.75) is 44.5 Å². The van der Waals surface area contributed by atoms with Gasteiger partial charge in [0.15, 0.2) is 0 Å². The molecule has 0 rings (SSSR count). The maximum absolute atomic E-state index is 11.9. The molecule has 0 aromatic carbocycles. The smallest absolute Gasteiger partial charge is 0.362 e. The van der Waals surface area contributed by atoms with Gasteiger partial charge in [0.1, 0.15) is 0 Å². The van der Waals surface area contributed by atoms with E-state index in [2.05, 4.69) is 24.2 Å². The van der Waals surface area contributed by atoms with Gasteiger partial charge in [-0.05, 0) is 24.8 Å². The zero-order chi connectivity index (χ0) is 23.8. The molecule has 0 bridgehead atoms. The number of carbonyl (C=O) groups excluding carboxylic acids is 3. The molecule has 0 saturated heterocycles. The molecule has 0 unspecified atom stereocenters. The van der Waals surface area contributed by atoms with Crippen LogP contribution in [0.1, 0.15) is 32.1 Å². The van der Waals surface area contributed by atoms with E-state index < -0.39 is 24.2 Å². The zero-order valence-electron chi connectivity index (χ0n) is 16.2. The van der Waals surface area contributed by atoms with Gasteiger partial charge in [0, 0.05) is 19.5 Å². The Kier molecular flexibility index (Phi) is 14.8. The zero-order valence-corrected chi connectivity index (χ0v) is 16.2. The van der Waals surface area contributed by atoms with E-state index in [1.807, 2.05) is 6.08 Å². The molecule has 0 spiro atoms. The number of primary amides is 1. The van der Waals surface area contributed by atoms with E-state index >= 15 is 0 Å². The first-order chi connectivity index (χ1) is 13.8. The van der Waals surface area contributed by atoms with Crippen molar-refractivity contribution >= 4 is 17.7 Å². The highest BCUT2D eigenvalue weighted by atomic mass is 19.4. The molecule has 0 fully saturated rings. The lowest BCUT2D eigenvalue weighted by molar-refractivity contribution is -0.173. The Morgan fingerprint density at radius 1 is 0.833 bits per heavy atom. The fourth-order valence-electron chi connectivity index (χ4n) is 1.73. The number of amides is 3. The largest absolute Gasteiger partial charge is 0.471 e. The van der Waals surface area contributed by atoms with Crippen molar-refractivity contribution in [1.82, 2.24) is 10.6 Å². The lowest BCUT2D eigenvalue weighted by Crippen LogP contribution is -2.37. The predicted molar refractivity (Wildman–Crippen MR) is 98.9 cm³/mol. The van der Waals surface area contributed by atoms with Crippen molar-refractivity contribution in [2.24, 2.45) is 5.73 Å². The van der Waals surface area contributed by atoms with Gasteiger partial charge in [0.2, 0.25) is 5.91 Å². The second-order valence-corrected chi connectivity index (χ2v) is 5.71. The van der Waals surface area contributed by atoms with E-state index in [-0.39, 0.29) is 12.5 Å². The van der Waals surface area contributed by atoms with Gasteiger partial charge in [0.05, 0.1) is 0 Å². The third-order valence-electron chi connectivity index (χ3n) is 3.23. The molecule has 172 valence electrons. The first-order valence-corrected chi connectivity index (χ1v) is 8.68. The van der Waals surface area contributed by atoms with Crippen LogP contribution in [0, 0.1) is 0 Å². The summed E-state index contributed by atoms with van der Waals surface area (Å²) in [5.74, 6) is -4.29. The molecule has 0 atom stereocenters. The molecule has 0 aromatic rings. The lowest BCUT2D eigenvalue weighted by Gasteiger charge is -2.08. The van der Waals surface area contributed by atoms with Gasteiger partial charge in [-0.3, -0.25) is 14.4 Å². The van der Waals surface area contributed by atoms with Crippen molar-refractivity contribution in [3.05, 3.63) is 37.0 Å². The van der Waals surface area contributed by atoms with Crippen molar-refractivity contribution in [1.29, 1.82) is 0 Å². The lowest BCUT2D eigenvalue weighted by atomic mass is 10.1. The Morgan fingerprint density at radius 3 is 1.83 bits per heavy atom. The van der Waals surface area contributed by atoms with Crippen LogP contribution in [0.25, 0.3) is 0 Å². The van der Waals surface area contributed by atoms with Gasteiger partial charge in [-0.2, -0.15) is 26.3 Å². The number of unbranched alkanes of at least 4 members (excludes halogenated alkanes) is 2. The van der Waals surface area contributed by atoms with Crippen LogP contribution in [-0.4, -0.2) is 43.2 Å². The van der Waals surface area contributed by atoms with Gasteiger partial charge in [-0.25, -0.2) is 0 Å². The second kappa shape index (κ2) is 15.1. The van der Waals surface area contributed by atoms with Gasteiger partial charge < -0.3 is 16.4 Å². The minimum absolute atomic E-state index is 0.0466. The summed E-state index contributed by atoms with van der Waals surface area (Å²) in [4.78, 5) is 31.2. The van der Waals surface area contributed by atoms with Gasteiger partial charge >= 0.3 is 24.2 Å². The van der Waals surface area contributed by atoms with E-state index in [1.54, 1.807) is 17.5 Å². The summed E-state index contributed by atoms with van der Waals surface area (Å²) in [7, 11) is 0. The summed E-state index contributed by atoms with van der Waals surface area (Å²) < 4.78 is 67.8. The van der Waals surface area contributed by atoms with Crippen LogP contribution in [0.4, 0.5) is 26.3 Å². The molecule has 12 heteroatoms. The van der Waals surface area contributed by atoms with Crippen molar-refractivity contribution in [3.8, 4) is 0 Å². The molecule has 30 heavy (non-hydrogen) atoms. The molecule has 0 heterocycles. The van der Waals surface area contributed by atoms with Crippen molar-refractivity contribution < 1.29 is 40.7 Å². The molecule has 3 amide bonds. The maximum Gasteiger partial charge on any atom is 0.471 e. The summed E-state index contributed by atoms with van der Waals surface area (Å²) in [6.45, 7) is 7.68. The number of halogens is 6. The minimum Gasteiger partial charge on any atom is -0.362 e. The van der Waals surface area contributed by atoms with E-state index in [4.69, 9.17) is 4.79 Å². The predicted octanol–water partition coefficient (Wildman–Crippen LogP) is 3.06. The molecular formula is C18H25F6N3O3. The monoisotopic (exact) mass is 445 g/mol. The van der Waals surface area contributed by atoms with Crippen LogP contribution in [0.2, 0.25) is 0 Å². The number of hydrogen-bond acceptors (Lipinski definition) is 3. The van der Waals surface area contributed by atoms with Crippen molar-refractivity contribution in [3.63, 3.8) is 0 Å². The fraction of sp³-hybridized carbons (Fsp3) is 0.500. The molecule has 0 radical (unpaired) electrons. The Morgan fingerprint density at radius 2 is 1.40 bits per heavy atom. The number of hydrogen-bond donors (Lipinski definition) is 3. The molecule has 4 N–H and O–H groups in total. The average molecular weight is 445 g/mol. The number of carbonyl (C=O) groups is 3. The highest BCUT2D eigenvalue weighted by molar-refractivity contribution is 5.81. The maximum atomic E-state index is 11.9. The number of rotatable bonds is 11. The quantitative estimate of drug-likeness (QED) is 0.259. The number of allylic oxidation sites excluding steroid dienone is 3. The molecule has 0 aliphatic rings. The van der Waals surface area contributed by atoms with Gasteiger partial charge in [0.25, 0.3) is 0 Å². The SMILES string of the molecule is C=C/C=C(\C=C)CCNC(=O)CCCCCNC(=O)C(F)(F)F.NC(=O)C(F)(F)F. The number of alkyl halides is 6. The number of nitrogens with one attached hydrogen (secondary N) is 2. The van der Waals surface area contributed by atoms with Gasteiger partial charge in [-0.1, -0.05) is 37.8 Å². The average Bonchev–Trinajstić information content (AvgIpc) is 2.62. The van der Waals surface area contributed by atoms with Crippen LogP contribution < -0.4 is 16.4 Å². The van der Waals surface area contributed by atoms with E-state index in [9.17, 15) is 35.9 Å². The first kappa shape index (κ1) is 29.4. The third kappa shape index (κ3) is 17.3. The summed E-state index contributed by atoms with van der Waals surface area (Å²) >= 11 is 0. The van der Waals surface area contributed by atoms with Crippen LogP contribution in [0.3, 0.4) is 0 Å². The first-order valence-electron chi connectivity index (χ1n) is 8.68. The van der Waals surface area contributed by atoms with Crippen LogP contribution in [0.15, 0.2) is 37.0 Å². The molecule has 0 aliphatic heterocycles. The molecule has 0 aromatic heterocycles. The van der Waals surface area contributed by atoms with Gasteiger partial charge in [-0.15, -0.1) is 0 Å². The topological polar surface area (TPSA) is 101 Å². The van der Waals surface area contributed by atoms with Crippen molar-refractivity contribution in [2.75, 3.05) is 13.1 Å². The summed E-state index contributed by atoms with van der Waals surface area (Å²) in [6.07, 6.45) is -2.05. The third-order valence-corrected chi connectivity index (χ3v) is 3.23. The Bertz CT molecular complexity index is 613. The van der Waals surface area contributed by atoms with E-state index in [0.717, 1.165) is 5.57 Å². The molecule has 6 nitrogen and oxygen atoms in total. The summed E-state index contributed by atoms with van der Waals surface area (Å²) in [5, 5.41) is 4.54. The minimum atomic E-state index is -4.86. The normalized spacial score (nSPS) is 11.6. The van der Waals surface area contributed by atoms with E-state index in [0.29, 0.717) is 38.6 Å². The second-order valence-electron chi connectivity index (χ2n) is 5.71. The summed E-state index contributed by atoms with van der Waals surface area (Å²) in [5.41, 5.74) is 4.78. The molecule has 0 aliphatic carbocycles. The van der Waals surface area contributed by atoms with Crippen LogP contribution in [0.5, 0.6) is 0 Å². The molecule has 0 saturated carbocycles.